The number of amides is 2. The lowest BCUT2D eigenvalue weighted by Gasteiger charge is -2.15. The number of carbonyl (C=O) groups is 2. The summed E-state index contributed by atoms with van der Waals surface area (Å²) in [6, 6.07) is 10.4. The maximum atomic E-state index is 12.7. The van der Waals surface area contributed by atoms with Gasteiger partial charge in [0.15, 0.2) is 0 Å². The third kappa shape index (κ3) is 3.72. The van der Waals surface area contributed by atoms with Crippen LogP contribution in [0.15, 0.2) is 48.7 Å². The number of hydrogen-bond acceptors (Lipinski definition) is 5. The molecule has 8 nitrogen and oxygen atoms in total. The molecule has 3 aromatic rings. The number of benzene rings is 2. The van der Waals surface area contributed by atoms with Crippen LogP contribution in [0.3, 0.4) is 0 Å². The molecular weight excluding hydrogens is 396 g/mol. The van der Waals surface area contributed by atoms with Crippen molar-refractivity contribution in [2.24, 2.45) is 0 Å². The van der Waals surface area contributed by atoms with E-state index >= 15 is 0 Å². The molecule has 2 aromatic carbocycles. The Morgan fingerprint density at radius 2 is 1.97 bits per heavy atom. The highest BCUT2D eigenvalue weighted by Gasteiger charge is 2.39. The number of H-pyrrole nitrogens is 1. The average molecular weight is 413 g/mol. The first-order valence-corrected chi connectivity index (χ1v) is 9.42. The van der Waals surface area contributed by atoms with Gasteiger partial charge in [-0.3, -0.25) is 19.7 Å². The summed E-state index contributed by atoms with van der Waals surface area (Å²) in [6.45, 7) is 0.511. The van der Waals surface area contributed by atoms with Gasteiger partial charge in [-0.2, -0.15) is 0 Å². The zero-order chi connectivity index (χ0) is 20.5. The highest BCUT2D eigenvalue weighted by atomic mass is 35.5. The lowest BCUT2D eigenvalue weighted by molar-refractivity contribution is -0.384. The third-order valence-corrected chi connectivity index (χ3v) is 5.21. The molecule has 4 rings (SSSR count). The molecule has 2 N–H and O–H groups in total. The molecule has 0 spiro atoms. The Balaban J connectivity index is 1.41. The molecule has 0 bridgehead atoms. The van der Waals surface area contributed by atoms with Crippen molar-refractivity contribution in [1.29, 1.82) is 0 Å². The fraction of sp³-hybridized carbons (Fsp3) is 0.200. The van der Waals surface area contributed by atoms with Crippen LogP contribution in [0.2, 0.25) is 5.02 Å². The minimum absolute atomic E-state index is 0.0511. The van der Waals surface area contributed by atoms with E-state index in [2.05, 4.69) is 10.3 Å². The summed E-state index contributed by atoms with van der Waals surface area (Å²) in [6.07, 6.45) is 2.62. The number of nitrogens with zero attached hydrogens (tertiary/aromatic N) is 2. The molecule has 0 saturated carbocycles. The van der Waals surface area contributed by atoms with E-state index in [1.807, 2.05) is 24.4 Å². The molecule has 9 heteroatoms. The molecule has 148 valence electrons. The Morgan fingerprint density at radius 3 is 2.69 bits per heavy atom. The zero-order valence-electron chi connectivity index (χ0n) is 15.2. The number of aromatic amines is 1. The first-order valence-electron chi connectivity index (χ1n) is 9.04. The van der Waals surface area contributed by atoms with Crippen LogP contribution in [0.4, 0.5) is 11.4 Å². The van der Waals surface area contributed by atoms with Crippen LogP contribution < -0.4 is 10.2 Å². The summed E-state index contributed by atoms with van der Waals surface area (Å²) in [7, 11) is 0. The summed E-state index contributed by atoms with van der Waals surface area (Å²) in [5.41, 5.74) is 2.29. The van der Waals surface area contributed by atoms with E-state index in [-0.39, 0.29) is 23.9 Å². The molecule has 2 amide bonds. The smallest absolute Gasteiger partial charge is 0.269 e. The number of nitro benzene ring substituents is 1. The number of halogens is 1. The molecule has 1 unspecified atom stereocenters. The molecular formula is C20H17ClN4O4. The van der Waals surface area contributed by atoms with Gasteiger partial charge in [-0.25, -0.2) is 4.90 Å². The van der Waals surface area contributed by atoms with Crippen LogP contribution in [0.5, 0.6) is 0 Å². The van der Waals surface area contributed by atoms with E-state index in [0.717, 1.165) is 21.4 Å². The van der Waals surface area contributed by atoms with Crippen LogP contribution in [0, 0.1) is 10.1 Å². The molecule has 1 saturated heterocycles. The lowest BCUT2D eigenvalue weighted by Crippen LogP contribution is -2.39. The summed E-state index contributed by atoms with van der Waals surface area (Å²) in [5, 5.41) is 15.6. The van der Waals surface area contributed by atoms with Gasteiger partial charge in [0.25, 0.3) is 11.6 Å². The second kappa shape index (κ2) is 7.65. The number of aromatic nitrogens is 1. The van der Waals surface area contributed by atoms with Crippen LogP contribution in [-0.2, 0) is 16.0 Å². The minimum atomic E-state index is -0.619. The standard InChI is InChI=1S/C20H17ClN4O4/c21-13-1-6-17-16(9-13)12(11-23-17)7-8-22-18-10-19(26)24(20(18)27)14-2-4-15(5-3-14)25(28)29/h1-6,9,11,18,22-23H,7-8,10H2. The van der Waals surface area contributed by atoms with Gasteiger partial charge in [0, 0.05) is 40.8 Å². The maximum absolute atomic E-state index is 12.7. The number of non-ortho nitro benzene ring substituents is 1. The van der Waals surface area contributed by atoms with E-state index in [1.54, 1.807) is 0 Å². The normalized spacial score (nSPS) is 16.7. The summed E-state index contributed by atoms with van der Waals surface area (Å²) < 4.78 is 0. The van der Waals surface area contributed by atoms with Gasteiger partial charge < -0.3 is 10.3 Å². The van der Waals surface area contributed by atoms with Crippen molar-refractivity contribution >= 4 is 45.7 Å². The Kier molecular flexibility index (Phi) is 5.04. The number of nitrogens with one attached hydrogen (secondary N) is 2. The SMILES string of the molecule is O=C1CC(NCCc2c[nH]c3ccc(Cl)cc23)C(=O)N1c1ccc([N+](=O)[O-])cc1. The molecule has 2 heterocycles. The molecule has 1 aliphatic heterocycles. The Bertz CT molecular complexity index is 1110. The van der Waals surface area contributed by atoms with Crippen LogP contribution in [0.1, 0.15) is 12.0 Å². The second-order valence-corrected chi connectivity index (χ2v) is 7.24. The van der Waals surface area contributed by atoms with Gasteiger partial charge in [0.2, 0.25) is 5.91 Å². The van der Waals surface area contributed by atoms with Crippen LogP contribution in [0.25, 0.3) is 10.9 Å². The van der Waals surface area contributed by atoms with Crippen molar-refractivity contribution < 1.29 is 14.5 Å². The Labute approximate surface area is 170 Å². The zero-order valence-corrected chi connectivity index (χ0v) is 16.0. The molecule has 29 heavy (non-hydrogen) atoms. The predicted molar refractivity (Wildman–Crippen MR) is 109 cm³/mol. The number of anilines is 1. The lowest BCUT2D eigenvalue weighted by atomic mass is 10.1. The molecule has 1 fully saturated rings. The van der Waals surface area contributed by atoms with E-state index in [1.165, 1.54) is 24.3 Å². The van der Waals surface area contributed by atoms with E-state index in [9.17, 15) is 19.7 Å². The number of nitro groups is 1. The van der Waals surface area contributed by atoms with Crippen LogP contribution in [-0.4, -0.2) is 34.3 Å². The van der Waals surface area contributed by atoms with E-state index in [4.69, 9.17) is 11.6 Å². The molecule has 1 aliphatic rings. The quantitative estimate of drug-likeness (QED) is 0.367. The van der Waals surface area contributed by atoms with Crippen molar-refractivity contribution in [3.63, 3.8) is 0 Å². The summed E-state index contributed by atoms with van der Waals surface area (Å²) >= 11 is 6.07. The number of rotatable bonds is 6. The first-order chi connectivity index (χ1) is 13.9. The van der Waals surface area contributed by atoms with Gasteiger partial charge in [-0.15, -0.1) is 0 Å². The van der Waals surface area contributed by atoms with Crippen molar-refractivity contribution in [1.82, 2.24) is 10.3 Å². The minimum Gasteiger partial charge on any atom is -0.361 e. The van der Waals surface area contributed by atoms with Gasteiger partial charge in [-0.05, 0) is 42.3 Å². The highest BCUT2D eigenvalue weighted by molar-refractivity contribution is 6.31. The number of carbonyl (C=O) groups excluding carboxylic acids is 2. The summed E-state index contributed by atoms with van der Waals surface area (Å²) in [5.74, 6) is -0.689. The fourth-order valence-electron chi connectivity index (χ4n) is 3.52. The number of hydrogen-bond donors (Lipinski definition) is 2. The molecule has 1 atom stereocenters. The monoisotopic (exact) mass is 412 g/mol. The van der Waals surface area contributed by atoms with Gasteiger partial charge in [0.05, 0.1) is 23.1 Å². The van der Waals surface area contributed by atoms with Crippen molar-refractivity contribution in [3.8, 4) is 0 Å². The van der Waals surface area contributed by atoms with Crippen molar-refractivity contribution in [3.05, 3.63) is 69.4 Å². The van der Waals surface area contributed by atoms with Gasteiger partial charge in [0.1, 0.15) is 0 Å². The molecule has 0 aliphatic carbocycles. The highest BCUT2D eigenvalue weighted by Crippen LogP contribution is 2.26. The van der Waals surface area contributed by atoms with E-state index < -0.39 is 11.0 Å². The number of fused-ring (bicyclic) bond motifs is 1. The first kappa shape index (κ1) is 19.1. The maximum Gasteiger partial charge on any atom is 0.269 e. The largest absolute Gasteiger partial charge is 0.361 e. The Hall–Kier alpha value is -3.23. The fourth-order valence-corrected chi connectivity index (χ4v) is 3.70. The second-order valence-electron chi connectivity index (χ2n) is 6.81. The van der Waals surface area contributed by atoms with Crippen LogP contribution >= 0.6 is 11.6 Å². The average Bonchev–Trinajstić information content (AvgIpc) is 3.22. The topological polar surface area (TPSA) is 108 Å². The Morgan fingerprint density at radius 1 is 1.21 bits per heavy atom. The van der Waals surface area contributed by atoms with Gasteiger partial charge >= 0.3 is 0 Å². The molecule has 1 aromatic heterocycles. The predicted octanol–water partition coefficient (Wildman–Crippen LogP) is 3.19. The molecule has 0 radical (unpaired) electrons. The van der Waals surface area contributed by atoms with Gasteiger partial charge in [-0.1, -0.05) is 11.6 Å². The van der Waals surface area contributed by atoms with E-state index in [0.29, 0.717) is 23.7 Å². The number of imide groups is 1. The van der Waals surface area contributed by atoms with Crippen molar-refractivity contribution in [2.75, 3.05) is 11.4 Å². The summed E-state index contributed by atoms with van der Waals surface area (Å²) in [4.78, 5) is 39.5. The third-order valence-electron chi connectivity index (χ3n) is 4.98. The van der Waals surface area contributed by atoms with Crippen molar-refractivity contribution in [2.45, 2.75) is 18.9 Å².